The second-order valence-electron chi connectivity index (χ2n) is 5.03. The van der Waals surface area contributed by atoms with Crippen LogP contribution >= 0.6 is 11.6 Å². The van der Waals surface area contributed by atoms with Crippen LogP contribution in [0.15, 0.2) is 42.5 Å². The molecule has 0 radical (unpaired) electrons. The Morgan fingerprint density at radius 1 is 1.15 bits per heavy atom. The van der Waals surface area contributed by atoms with Gasteiger partial charge in [0.05, 0.1) is 6.61 Å². The average molecular weight is 295 g/mol. The van der Waals surface area contributed by atoms with Crippen molar-refractivity contribution in [1.29, 1.82) is 0 Å². The van der Waals surface area contributed by atoms with Crippen molar-refractivity contribution in [2.75, 3.05) is 0 Å². The maximum atomic E-state index is 14.6. The fraction of sp³-hybridized carbons (Fsp3) is 0.250. The maximum Gasteiger partial charge on any atom is 0.303 e. The third-order valence-corrected chi connectivity index (χ3v) is 3.78. The van der Waals surface area contributed by atoms with Gasteiger partial charge in [-0.15, -0.1) is 0 Å². The zero-order valence-electron chi connectivity index (χ0n) is 10.9. The fourth-order valence-corrected chi connectivity index (χ4v) is 2.66. The molecule has 1 unspecified atom stereocenters. The lowest BCUT2D eigenvalue weighted by molar-refractivity contribution is -0.167. The number of benzene rings is 2. The molecule has 0 saturated heterocycles. The van der Waals surface area contributed by atoms with Crippen molar-refractivity contribution in [3.63, 3.8) is 0 Å². The smallest absolute Gasteiger partial charge is 0.303 e. The third-order valence-electron chi connectivity index (χ3n) is 3.53. The van der Waals surface area contributed by atoms with Gasteiger partial charge in [0.2, 0.25) is 0 Å². The summed E-state index contributed by atoms with van der Waals surface area (Å²) in [6.45, 7) is 2.07. The lowest BCUT2D eigenvalue weighted by Gasteiger charge is -2.34. The molecule has 1 aliphatic rings. The van der Waals surface area contributed by atoms with Crippen molar-refractivity contribution in [3.8, 4) is 0 Å². The second-order valence-corrected chi connectivity index (χ2v) is 5.46. The molecule has 0 aliphatic carbocycles. The first-order chi connectivity index (χ1) is 9.48. The van der Waals surface area contributed by atoms with E-state index in [2.05, 4.69) is 0 Å². The molecule has 2 aromatic carbocycles. The maximum absolute atomic E-state index is 14.6. The van der Waals surface area contributed by atoms with Gasteiger partial charge >= 0.3 is 5.92 Å². The Labute approximate surface area is 121 Å². The summed E-state index contributed by atoms with van der Waals surface area (Å²) in [6.07, 6.45) is -1.27. The predicted octanol–water partition coefficient (Wildman–Crippen LogP) is 5.01. The fourth-order valence-electron chi connectivity index (χ4n) is 2.53. The highest BCUT2D eigenvalue weighted by Gasteiger charge is 2.47. The first-order valence-electron chi connectivity index (χ1n) is 6.33. The minimum absolute atomic E-state index is 0.0503. The van der Waals surface area contributed by atoms with Crippen molar-refractivity contribution in [2.24, 2.45) is 0 Å². The first kappa shape index (κ1) is 13.5. The van der Waals surface area contributed by atoms with E-state index in [0.29, 0.717) is 16.1 Å². The molecule has 0 N–H and O–H groups in total. The van der Waals surface area contributed by atoms with Crippen LogP contribution in [0.2, 0.25) is 5.02 Å². The molecule has 1 nitrogen and oxygen atoms in total. The molecular weight excluding hydrogens is 282 g/mol. The molecule has 3 rings (SSSR count). The summed E-state index contributed by atoms with van der Waals surface area (Å²) in [5.74, 6) is -3.05. The highest BCUT2D eigenvalue weighted by molar-refractivity contribution is 6.30. The van der Waals surface area contributed by atoms with Gasteiger partial charge in [0.15, 0.2) is 6.10 Å². The van der Waals surface area contributed by atoms with E-state index >= 15 is 0 Å². The lowest BCUT2D eigenvalue weighted by atomic mass is 9.90. The van der Waals surface area contributed by atoms with Crippen molar-refractivity contribution >= 4 is 11.6 Å². The van der Waals surface area contributed by atoms with E-state index in [1.807, 2.05) is 6.92 Å². The van der Waals surface area contributed by atoms with Crippen LogP contribution in [-0.2, 0) is 17.3 Å². The molecule has 1 heterocycles. The molecule has 104 valence electrons. The summed E-state index contributed by atoms with van der Waals surface area (Å²) in [4.78, 5) is 0. The summed E-state index contributed by atoms with van der Waals surface area (Å²) < 4.78 is 34.7. The average Bonchev–Trinajstić information content (AvgIpc) is 2.40. The van der Waals surface area contributed by atoms with Gasteiger partial charge in [0.25, 0.3) is 0 Å². The largest absolute Gasteiger partial charge is 0.362 e. The Hall–Kier alpha value is -1.45. The van der Waals surface area contributed by atoms with Crippen molar-refractivity contribution in [3.05, 3.63) is 69.7 Å². The summed E-state index contributed by atoms with van der Waals surface area (Å²) in [6, 6.07) is 11.3. The van der Waals surface area contributed by atoms with E-state index in [1.165, 1.54) is 6.07 Å². The Kier molecular flexibility index (Phi) is 3.27. The van der Waals surface area contributed by atoms with E-state index in [0.717, 1.165) is 5.56 Å². The molecule has 0 amide bonds. The van der Waals surface area contributed by atoms with Crippen LogP contribution in [-0.4, -0.2) is 0 Å². The zero-order valence-corrected chi connectivity index (χ0v) is 11.6. The van der Waals surface area contributed by atoms with Crippen LogP contribution in [0.1, 0.15) is 28.4 Å². The molecule has 2 aromatic rings. The standard InChI is InChI=1S/C16H13ClF2O/c1-10-2-7-14-12(8-10)9-20-15(16(14,18)19)11-3-5-13(17)6-4-11/h2-8,15H,9H2,1H3. The molecule has 20 heavy (non-hydrogen) atoms. The molecule has 0 bridgehead atoms. The highest BCUT2D eigenvalue weighted by atomic mass is 35.5. The highest BCUT2D eigenvalue weighted by Crippen LogP contribution is 2.48. The number of rotatable bonds is 1. The molecule has 1 atom stereocenters. The number of hydrogen-bond donors (Lipinski definition) is 0. The van der Waals surface area contributed by atoms with Crippen LogP contribution in [0.25, 0.3) is 0 Å². The van der Waals surface area contributed by atoms with Gasteiger partial charge in [-0.2, -0.15) is 8.78 Å². The molecule has 1 aliphatic heterocycles. The van der Waals surface area contributed by atoms with Crippen LogP contribution in [0.4, 0.5) is 8.78 Å². The molecule has 0 fully saturated rings. The van der Waals surface area contributed by atoms with Crippen LogP contribution in [0.3, 0.4) is 0 Å². The summed E-state index contributed by atoms with van der Waals surface area (Å²) in [5.41, 5.74) is 1.99. The molecule has 0 aromatic heterocycles. The van der Waals surface area contributed by atoms with Crippen LogP contribution < -0.4 is 0 Å². The lowest BCUT2D eigenvalue weighted by Crippen LogP contribution is -2.31. The van der Waals surface area contributed by atoms with Gasteiger partial charge < -0.3 is 4.74 Å². The number of alkyl halides is 2. The normalized spacial score (nSPS) is 20.5. The van der Waals surface area contributed by atoms with E-state index < -0.39 is 12.0 Å². The summed E-state index contributed by atoms with van der Waals surface area (Å²) in [5, 5.41) is 0.518. The first-order valence-corrected chi connectivity index (χ1v) is 6.71. The van der Waals surface area contributed by atoms with Gasteiger partial charge in [0, 0.05) is 10.6 Å². The van der Waals surface area contributed by atoms with Gasteiger partial charge in [-0.3, -0.25) is 0 Å². The van der Waals surface area contributed by atoms with Crippen molar-refractivity contribution in [2.45, 2.75) is 25.6 Å². The van der Waals surface area contributed by atoms with Crippen LogP contribution in [0, 0.1) is 6.92 Å². The molecule has 4 heteroatoms. The Balaban J connectivity index is 2.04. The van der Waals surface area contributed by atoms with Gasteiger partial charge in [-0.05, 0) is 30.2 Å². The number of fused-ring (bicyclic) bond motifs is 1. The van der Waals surface area contributed by atoms with Gasteiger partial charge in [-0.25, -0.2) is 0 Å². The number of hydrogen-bond acceptors (Lipinski definition) is 1. The molecule has 0 spiro atoms. The predicted molar refractivity (Wildman–Crippen MR) is 74.1 cm³/mol. The van der Waals surface area contributed by atoms with E-state index in [-0.39, 0.29) is 12.2 Å². The summed E-state index contributed by atoms with van der Waals surface area (Å²) >= 11 is 5.79. The zero-order chi connectivity index (χ0) is 14.3. The van der Waals surface area contributed by atoms with Crippen molar-refractivity contribution < 1.29 is 13.5 Å². The number of halogens is 3. The van der Waals surface area contributed by atoms with E-state index in [1.54, 1.807) is 36.4 Å². The number of aryl methyl sites for hydroxylation is 1. The minimum Gasteiger partial charge on any atom is -0.362 e. The van der Waals surface area contributed by atoms with Crippen molar-refractivity contribution in [1.82, 2.24) is 0 Å². The van der Waals surface area contributed by atoms with E-state index in [4.69, 9.17) is 16.3 Å². The summed E-state index contributed by atoms with van der Waals surface area (Å²) in [7, 11) is 0. The van der Waals surface area contributed by atoms with Crippen LogP contribution in [0.5, 0.6) is 0 Å². The monoisotopic (exact) mass is 294 g/mol. The topological polar surface area (TPSA) is 9.23 Å². The van der Waals surface area contributed by atoms with E-state index in [9.17, 15) is 8.78 Å². The Morgan fingerprint density at radius 3 is 2.55 bits per heavy atom. The molecule has 0 saturated carbocycles. The third kappa shape index (κ3) is 2.21. The number of ether oxygens (including phenoxy) is 1. The molecular formula is C16H13ClF2O. The van der Waals surface area contributed by atoms with Gasteiger partial charge in [0.1, 0.15) is 0 Å². The quantitative estimate of drug-likeness (QED) is 0.718. The minimum atomic E-state index is -3.05. The Morgan fingerprint density at radius 2 is 1.85 bits per heavy atom. The SMILES string of the molecule is Cc1ccc2c(c1)COC(c1ccc(Cl)cc1)C2(F)F. The Bertz CT molecular complexity index is 637. The van der Waals surface area contributed by atoms with Gasteiger partial charge in [-0.1, -0.05) is 47.5 Å². The second kappa shape index (κ2) is 4.83.